The predicted octanol–water partition coefficient (Wildman–Crippen LogP) is 4.52. The Balaban J connectivity index is 1.61. The molecule has 0 aliphatic rings. The van der Waals surface area contributed by atoms with Crippen molar-refractivity contribution in [2.75, 3.05) is 11.9 Å². The number of hydrogen-bond acceptors (Lipinski definition) is 5. The molecule has 1 amide bonds. The fourth-order valence-corrected chi connectivity index (χ4v) is 2.75. The number of nitrogens with zero attached hydrogens (tertiary/aromatic N) is 1. The van der Waals surface area contributed by atoms with E-state index in [0.29, 0.717) is 23.6 Å². The van der Waals surface area contributed by atoms with Crippen LogP contribution in [0.3, 0.4) is 0 Å². The van der Waals surface area contributed by atoms with E-state index < -0.39 is 5.91 Å². The van der Waals surface area contributed by atoms with Crippen molar-refractivity contribution in [1.82, 2.24) is 10.3 Å². The van der Waals surface area contributed by atoms with Gasteiger partial charge in [0, 0.05) is 17.8 Å². The maximum absolute atomic E-state index is 12.4. The molecule has 2 aromatic heterocycles. The van der Waals surface area contributed by atoms with Crippen LogP contribution in [0.15, 0.2) is 53.2 Å². The van der Waals surface area contributed by atoms with Crippen molar-refractivity contribution in [3.8, 4) is 5.75 Å². The van der Waals surface area contributed by atoms with Gasteiger partial charge in [-0.2, -0.15) is 0 Å². The highest BCUT2D eigenvalue weighted by atomic mass is 32.1. The number of thiocarbonyl (C=S) groups is 1. The molecule has 0 spiro atoms. The molecule has 0 saturated carbocycles. The number of anilines is 1. The fraction of sp³-hybridized carbons (Fsp3) is 0.250. The predicted molar refractivity (Wildman–Crippen MR) is 109 cm³/mol. The van der Waals surface area contributed by atoms with Gasteiger partial charge in [0.1, 0.15) is 11.3 Å². The lowest BCUT2D eigenvalue weighted by atomic mass is 10.2. The van der Waals surface area contributed by atoms with Crippen LogP contribution in [0.5, 0.6) is 5.75 Å². The van der Waals surface area contributed by atoms with Crippen LogP contribution in [-0.4, -0.2) is 22.6 Å². The number of furan rings is 1. The zero-order valence-electron chi connectivity index (χ0n) is 15.0. The number of carbonyl (C=O) groups is 1. The number of rotatable bonds is 7. The van der Waals surface area contributed by atoms with Gasteiger partial charge >= 0.3 is 0 Å². The van der Waals surface area contributed by atoms with Crippen LogP contribution >= 0.6 is 12.2 Å². The lowest BCUT2D eigenvalue weighted by molar-refractivity contribution is 0.0953. The highest BCUT2D eigenvalue weighted by molar-refractivity contribution is 7.80. The molecule has 0 fully saturated rings. The van der Waals surface area contributed by atoms with Gasteiger partial charge in [-0.15, -0.1) is 0 Å². The molecule has 0 aliphatic carbocycles. The first-order chi connectivity index (χ1) is 13.2. The number of pyridine rings is 1. The molecule has 0 radical (unpaired) electrons. The fourth-order valence-electron chi connectivity index (χ4n) is 2.54. The summed E-state index contributed by atoms with van der Waals surface area (Å²) in [6.07, 6.45) is 6.50. The first kappa shape index (κ1) is 18.8. The van der Waals surface area contributed by atoms with Crippen molar-refractivity contribution in [3.63, 3.8) is 0 Å². The number of para-hydroxylation sites is 2. The van der Waals surface area contributed by atoms with Crippen molar-refractivity contribution >= 4 is 39.9 Å². The second kappa shape index (κ2) is 9.14. The summed E-state index contributed by atoms with van der Waals surface area (Å²) in [6, 6.07) is 10.8. The van der Waals surface area contributed by atoms with E-state index >= 15 is 0 Å². The van der Waals surface area contributed by atoms with Gasteiger partial charge in [0.25, 0.3) is 5.91 Å². The van der Waals surface area contributed by atoms with Crippen molar-refractivity contribution in [1.29, 1.82) is 0 Å². The topological polar surface area (TPSA) is 76.4 Å². The smallest absolute Gasteiger partial charge is 0.293 e. The minimum atomic E-state index is -0.426. The minimum Gasteiger partial charge on any atom is -0.491 e. The Hall–Kier alpha value is -2.93. The number of ether oxygens (including phenoxy) is 1. The summed E-state index contributed by atoms with van der Waals surface area (Å²) in [7, 11) is 0. The Kier molecular flexibility index (Phi) is 6.38. The molecule has 1 aromatic carbocycles. The van der Waals surface area contributed by atoms with E-state index in [1.807, 2.05) is 24.3 Å². The molecule has 0 atom stereocenters. The Bertz CT molecular complexity index is 906. The average molecular weight is 383 g/mol. The summed E-state index contributed by atoms with van der Waals surface area (Å²) in [4.78, 5) is 16.4. The molecule has 140 valence electrons. The van der Waals surface area contributed by atoms with Crippen LogP contribution in [0.4, 0.5) is 5.69 Å². The van der Waals surface area contributed by atoms with Crippen LogP contribution in [0.25, 0.3) is 11.0 Å². The Morgan fingerprint density at radius 1 is 1.26 bits per heavy atom. The molecule has 2 heterocycles. The van der Waals surface area contributed by atoms with Crippen molar-refractivity contribution in [3.05, 3.63) is 54.6 Å². The third kappa shape index (κ3) is 5.04. The molecule has 0 unspecified atom stereocenters. The first-order valence-electron chi connectivity index (χ1n) is 8.85. The number of aromatic nitrogens is 1. The summed E-state index contributed by atoms with van der Waals surface area (Å²) in [5.41, 5.74) is 1.30. The Morgan fingerprint density at radius 2 is 2.11 bits per heavy atom. The number of hydrogen-bond donors (Lipinski definition) is 2. The van der Waals surface area contributed by atoms with E-state index in [-0.39, 0.29) is 10.9 Å². The SMILES string of the molecule is CCCCCOc1ccccc1NC(=S)NC(=O)c1cc2cnccc2o1. The normalized spacial score (nSPS) is 10.6. The van der Waals surface area contributed by atoms with Gasteiger partial charge in [0.2, 0.25) is 0 Å². The number of carbonyl (C=O) groups excluding carboxylic acids is 1. The minimum absolute atomic E-state index is 0.170. The number of benzene rings is 1. The van der Waals surface area contributed by atoms with Crippen LogP contribution < -0.4 is 15.4 Å². The number of fused-ring (bicyclic) bond motifs is 1. The largest absolute Gasteiger partial charge is 0.491 e. The zero-order valence-corrected chi connectivity index (χ0v) is 15.8. The summed E-state index contributed by atoms with van der Waals surface area (Å²) < 4.78 is 11.3. The van der Waals surface area contributed by atoms with Gasteiger partial charge in [-0.3, -0.25) is 15.1 Å². The van der Waals surface area contributed by atoms with Gasteiger partial charge in [0.15, 0.2) is 10.9 Å². The molecule has 0 bridgehead atoms. The Morgan fingerprint density at radius 3 is 2.93 bits per heavy atom. The van der Waals surface area contributed by atoms with Crippen LogP contribution in [-0.2, 0) is 0 Å². The van der Waals surface area contributed by atoms with Crippen LogP contribution in [0, 0.1) is 0 Å². The van der Waals surface area contributed by atoms with Gasteiger partial charge in [-0.05, 0) is 42.9 Å². The second-order valence-electron chi connectivity index (χ2n) is 5.98. The van der Waals surface area contributed by atoms with E-state index in [2.05, 4.69) is 22.5 Å². The lowest BCUT2D eigenvalue weighted by Gasteiger charge is -2.14. The van der Waals surface area contributed by atoms with Crippen molar-refractivity contribution in [2.45, 2.75) is 26.2 Å². The maximum atomic E-state index is 12.4. The molecule has 6 nitrogen and oxygen atoms in total. The van der Waals surface area contributed by atoms with Gasteiger partial charge < -0.3 is 14.5 Å². The molecule has 2 N–H and O–H groups in total. The van der Waals surface area contributed by atoms with Crippen LogP contribution in [0.2, 0.25) is 0 Å². The van der Waals surface area contributed by atoms with E-state index in [9.17, 15) is 4.79 Å². The molecule has 27 heavy (non-hydrogen) atoms. The first-order valence-corrected chi connectivity index (χ1v) is 9.26. The molecule has 3 rings (SSSR count). The molecule has 0 aliphatic heterocycles. The molecule has 0 saturated heterocycles. The maximum Gasteiger partial charge on any atom is 0.293 e. The summed E-state index contributed by atoms with van der Waals surface area (Å²) in [5.74, 6) is 0.441. The molecular formula is C20H21N3O3S. The number of amides is 1. The summed E-state index contributed by atoms with van der Waals surface area (Å²) >= 11 is 5.25. The quantitative estimate of drug-likeness (QED) is 0.461. The molecule has 7 heteroatoms. The standard InChI is InChI=1S/C20H21N3O3S/c1-2-3-6-11-25-17-8-5-4-7-15(17)22-20(27)23-19(24)18-12-14-13-21-10-9-16(14)26-18/h4-5,7-10,12-13H,2-3,6,11H2,1H3,(H2,22,23,24,27). The third-order valence-electron chi connectivity index (χ3n) is 3.91. The van der Waals surface area contributed by atoms with E-state index in [1.54, 1.807) is 24.5 Å². The summed E-state index contributed by atoms with van der Waals surface area (Å²) in [5, 5.41) is 6.55. The number of unbranched alkanes of at least 4 members (excludes halogenated alkanes) is 2. The third-order valence-corrected chi connectivity index (χ3v) is 4.11. The average Bonchev–Trinajstić information content (AvgIpc) is 3.11. The van der Waals surface area contributed by atoms with E-state index in [1.165, 1.54) is 0 Å². The Labute approximate surface area is 162 Å². The summed E-state index contributed by atoms with van der Waals surface area (Å²) in [6.45, 7) is 2.79. The molecular weight excluding hydrogens is 362 g/mol. The van der Waals surface area contributed by atoms with Crippen LogP contribution in [0.1, 0.15) is 36.7 Å². The van der Waals surface area contributed by atoms with E-state index in [4.69, 9.17) is 21.4 Å². The highest BCUT2D eigenvalue weighted by Crippen LogP contribution is 2.24. The van der Waals surface area contributed by atoms with Gasteiger partial charge in [0.05, 0.1) is 12.3 Å². The second-order valence-corrected chi connectivity index (χ2v) is 6.39. The zero-order chi connectivity index (χ0) is 19.1. The van der Waals surface area contributed by atoms with E-state index in [0.717, 1.165) is 24.6 Å². The van der Waals surface area contributed by atoms with Crippen molar-refractivity contribution < 1.29 is 13.9 Å². The number of nitrogens with one attached hydrogen (secondary N) is 2. The molecule has 3 aromatic rings. The van der Waals surface area contributed by atoms with Gasteiger partial charge in [-0.25, -0.2) is 0 Å². The van der Waals surface area contributed by atoms with Crippen molar-refractivity contribution in [2.24, 2.45) is 0 Å². The highest BCUT2D eigenvalue weighted by Gasteiger charge is 2.14. The van der Waals surface area contributed by atoms with Gasteiger partial charge in [-0.1, -0.05) is 31.9 Å². The lowest BCUT2D eigenvalue weighted by Crippen LogP contribution is -2.34. The monoisotopic (exact) mass is 383 g/mol.